The average Bonchev–Trinajstić information content (AvgIpc) is 3.20. The Hall–Kier alpha value is -2.61. The Morgan fingerprint density at radius 3 is 3.00 bits per heavy atom. The smallest absolute Gasteiger partial charge is 0.153 e. The van der Waals surface area contributed by atoms with Crippen LogP contribution in [0, 0.1) is 0 Å². The van der Waals surface area contributed by atoms with Crippen molar-refractivity contribution in [3.8, 4) is 0 Å². The van der Waals surface area contributed by atoms with E-state index in [0.29, 0.717) is 6.54 Å². The number of rotatable bonds is 5. The third-order valence-electron chi connectivity index (χ3n) is 4.66. The number of aliphatic hydroxyl groups excluding tert-OH is 1. The zero-order valence-electron chi connectivity index (χ0n) is 14.2. The van der Waals surface area contributed by atoms with Crippen LogP contribution in [0.4, 0.5) is 11.6 Å². The molecule has 1 aliphatic carbocycles. The Balaban J connectivity index is 1.62. The van der Waals surface area contributed by atoms with Gasteiger partial charge in [0.25, 0.3) is 0 Å². The SMILES string of the molecule is Bc1cnn2c(NCc3cccnc3)cc(NC3CCC[C@@H]3O)nc12. The molecule has 3 heterocycles. The second-order valence-electron chi connectivity index (χ2n) is 6.55. The zero-order valence-corrected chi connectivity index (χ0v) is 14.2. The first kappa shape index (κ1) is 15.9. The molecule has 2 atom stereocenters. The molecule has 3 aromatic rings. The van der Waals surface area contributed by atoms with Gasteiger partial charge in [-0.15, -0.1) is 0 Å². The number of nitrogens with one attached hydrogen (secondary N) is 2. The maximum absolute atomic E-state index is 10.1. The van der Waals surface area contributed by atoms with Crippen LogP contribution in [0.5, 0.6) is 0 Å². The van der Waals surface area contributed by atoms with Gasteiger partial charge in [-0.3, -0.25) is 4.98 Å². The summed E-state index contributed by atoms with van der Waals surface area (Å²) in [6.07, 6.45) is 7.96. The summed E-state index contributed by atoms with van der Waals surface area (Å²) in [6.45, 7) is 0.650. The fourth-order valence-electron chi connectivity index (χ4n) is 3.27. The standard InChI is InChI=1S/C17H21BN6O/c18-12-10-21-24-16(20-9-11-3-2-6-19-8-11)7-15(23-17(12)24)22-13-4-1-5-14(13)25/h2-3,6-8,10,13-14,20,25H,1,4-5,9,18H2,(H,22,23)/t13?,14-/m0/s1. The average molecular weight is 336 g/mol. The van der Waals surface area contributed by atoms with Crippen LogP contribution >= 0.6 is 0 Å². The molecule has 8 heteroatoms. The Morgan fingerprint density at radius 1 is 1.32 bits per heavy atom. The van der Waals surface area contributed by atoms with Crippen molar-refractivity contribution in [2.45, 2.75) is 38.0 Å². The summed E-state index contributed by atoms with van der Waals surface area (Å²) in [7, 11) is 1.99. The van der Waals surface area contributed by atoms with Gasteiger partial charge in [-0.2, -0.15) is 9.61 Å². The van der Waals surface area contributed by atoms with Gasteiger partial charge >= 0.3 is 0 Å². The van der Waals surface area contributed by atoms with Crippen molar-refractivity contribution in [1.82, 2.24) is 19.6 Å². The van der Waals surface area contributed by atoms with Crippen LogP contribution in [0.2, 0.25) is 0 Å². The van der Waals surface area contributed by atoms with E-state index in [0.717, 1.165) is 47.6 Å². The summed E-state index contributed by atoms with van der Waals surface area (Å²) in [4.78, 5) is 8.82. The Kier molecular flexibility index (Phi) is 4.27. The van der Waals surface area contributed by atoms with Crippen molar-refractivity contribution in [1.29, 1.82) is 0 Å². The molecule has 25 heavy (non-hydrogen) atoms. The van der Waals surface area contributed by atoms with Gasteiger partial charge in [0.05, 0.1) is 12.1 Å². The van der Waals surface area contributed by atoms with E-state index in [1.165, 1.54) is 0 Å². The van der Waals surface area contributed by atoms with Gasteiger partial charge < -0.3 is 15.7 Å². The van der Waals surface area contributed by atoms with Crippen molar-refractivity contribution >= 4 is 30.6 Å². The van der Waals surface area contributed by atoms with E-state index in [-0.39, 0.29) is 12.1 Å². The number of anilines is 2. The van der Waals surface area contributed by atoms with Gasteiger partial charge in [-0.1, -0.05) is 6.07 Å². The lowest BCUT2D eigenvalue weighted by atomic mass is 10.0. The molecular weight excluding hydrogens is 315 g/mol. The minimum Gasteiger partial charge on any atom is -0.391 e. The Bertz CT molecular complexity index is 868. The lowest BCUT2D eigenvalue weighted by Crippen LogP contribution is -2.28. The van der Waals surface area contributed by atoms with E-state index in [1.54, 1.807) is 6.20 Å². The summed E-state index contributed by atoms with van der Waals surface area (Å²) in [6, 6.07) is 5.96. The molecule has 0 aliphatic heterocycles. The zero-order chi connectivity index (χ0) is 17.2. The van der Waals surface area contributed by atoms with Crippen molar-refractivity contribution in [3.63, 3.8) is 0 Å². The van der Waals surface area contributed by atoms with Crippen LogP contribution in [0.15, 0.2) is 36.8 Å². The van der Waals surface area contributed by atoms with Crippen LogP contribution in [0.1, 0.15) is 24.8 Å². The van der Waals surface area contributed by atoms with Gasteiger partial charge in [0, 0.05) is 31.2 Å². The van der Waals surface area contributed by atoms with Crippen LogP contribution in [-0.4, -0.2) is 44.7 Å². The number of hydrogen-bond donors (Lipinski definition) is 3. The van der Waals surface area contributed by atoms with E-state index in [9.17, 15) is 5.11 Å². The first-order chi connectivity index (χ1) is 12.2. The van der Waals surface area contributed by atoms with E-state index in [1.807, 2.05) is 43.0 Å². The quantitative estimate of drug-likeness (QED) is 0.582. The van der Waals surface area contributed by atoms with Crippen molar-refractivity contribution in [3.05, 3.63) is 42.4 Å². The highest BCUT2D eigenvalue weighted by atomic mass is 16.3. The van der Waals surface area contributed by atoms with Crippen molar-refractivity contribution < 1.29 is 5.11 Å². The molecule has 0 saturated heterocycles. The molecule has 3 N–H and O–H groups in total. The normalized spacial score (nSPS) is 20.0. The lowest BCUT2D eigenvalue weighted by molar-refractivity contribution is 0.171. The molecule has 7 nitrogen and oxygen atoms in total. The molecule has 3 aromatic heterocycles. The second-order valence-corrected chi connectivity index (χ2v) is 6.55. The van der Waals surface area contributed by atoms with E-state index < -0.39 is 0 Å². The highest BCUT2D eigenvalue weighted by Crippen LogP contribution is 2.24. The van der Waals surface area contributed by atoms with Crippen LogP contribution in [0.25, 0.3) is 5.65 Å². The highest BCUT2D eigenvalue weighted by molar-refractivity contribution is 6.36. The fraction of sp³-hybridized carbons (Fsp3) is 0.353. The molecule has 0 aromatic carbocycles. The number of aromatic nitrogens is 4. The molecule has 0 bridgehead atoms. The van der Waals surface area contributed by atoms with Gasteiger partial charge in [0.1, 0.15) is 19.5 Å². The van der Waals surface area contributed by atoms with Crippen LogP contribution in [0.3, 0.4) is 0 Å². The summed E-state index contributed by atoms with van der Waals surface area (Å²) in [5.41, 5.74) is 2.92. The number of aliphatic hydroxyl groups is 1. The molecule has 1 aliphatic rings. The van der Waals surface area contributed by atoms with Gasteiger partial charge in [0.2, 0.25) is 0 Å². The maximum Gasteiger partial charge on any atom is 0.153 e. The Morgan fingerprint density at radius 2 is 2.24 bits per heavy atom. The summed E-state index contributed by atoms with van der Waals surface area (Å²) in [5, 5.41) is 21.3. The molecule has 128 valence electrons. The third-order valence-corrected chi connectivity index (χ3v) is 4.66. The first-order valence-electron chi connectivity index (χ1n) is 8.63. The largest absolute Gasteiger partial charge is 0.391 e. The molecule has 1 saturated carbocycles. The predicted molar refractivity (Wildman–Crippen MR) is 100.0 cm³/mol. The molecule has 0 radical (unpaired) electrons. The molecular formula is C17H21BN6O. The lowest BCUT2D eigenvalue weighted by Gasteiger charge is -2.18. The molecule has 0 amide bonds. The van der Waals surface area contributed by atoms with Crippen LogP contribution < -0.4 is 16.1 Å². The van der Waals surface area contributed by atoms with Gasteiger partial charge in [-0.25, -0.2) is 4.98 Å². The molecule has 1 fully saturated rings. The van der Waals surface area contributed by atoms with E-state index >= 15 is 0 Å². The maximum atomic E-state index is 10.1. The van der Waals surface area contributed by atoms with E-state index in [4.69, 9.17) is 0 Å². The molecule has 4 rings (SSSR count). The minimum absolute atomic E-state index is 0.0596. The van der Waals surface area contributed by atoms with E-state index in [2.05, 4.69) is 25.7 Å². The number of nitrogens with zero attached hydrogens (tertiary/aromatic N) is 4. The van der Waals surface area contributed by atoms with Gasteiger partial charge in [0.15, 0.2) is 5.65 Å². The Labute approximate surface area is 146 Å². The fourth-order valence-corrected chi connectivity index (χ4v) is 3.27. The topological polar surface area (TPSA) is 87.4 Å². The monoisotopic (exact) mass is 336 g/mol. The van der Waals surface area contributed by atoms with Crippen molar-refractivity contribution in [2.75, 3.05) is 10.6 Å². The number of hydrogen-bond acceptors (Lipinski definition) is 6. The number of fused-ring (bicyclic) bond motifs is 1. The summed E-state index contributed by atoms with van der Waals surface area (Å²) >= 11 is 0. The third kappa shape index (κ3) is 3.30. The second kappa shape index (κ2) is 6.72. The molecule has 1 unspecified atom stereocenters. The first-order valence-corrected chi connectivity index (χ1v) is 8.63. The van der Waals surface area contributed by atoms with Crippen LogP contribution in [-0.2, 0) is 6.54 Å². The highest BCUT2D eigenvalue weighted by Gasteiger charge is 2.25. The molecule has 0 spiro atoms. The number of pyridine rings is 1. The minimum atomic E-state index is -0.309. The summed E-state index contributed by atoms with van der Waals surface area (Å²) < 4.78 is 1.81. The summed E-state index contributed by atoms with van der Waals surface area (Å²) in [5.74, 6) is 1.62. The predicted octanol–water partition coefficient (Wildman–Crippen LogP) is 0.320. The van der Waals surface area contributed by atoms with Crippen molar-refractivity contribution in [2.24, 2.45) is 0 Å². The van der Waals surface area contributed by atoms with Gasteiger partial charge in [-0.05, 0) is 36.4 Å².